The molecule has 11 nitrogen and oxygen atoms in total. The average Bonchev–Trinajstić information content (AvgIpc) is 3.29. The standard InChI is InChI=1S/C23H34N6O5/c24-16(14-15-6-2-1-3-7-15)22(34)29-13-5-9-18(29)21(33)28-17(8-4-12-27-23(25)26)19(30)10-11-20(31)32/h1-3,6-7,16-18H,4-5,8-14,24H2,(H,28,33)(H,31,32)(H4,25,26,27). The molecule has 11 heteroatoms. The van der Waals surface area contributed by atoms with E-state index in [9.17, 15) is 19.2 Å². The number of Topliss-reactive ketones (excluding diaryl/α,β-unsaturated/α-hetero) is 1. The number of guanidine groups is 1. The Morgan fingerprint density at radius 2 is 1.85 bits per heavy atom. The highest BCUT2D eigenvalue weighted by Gasteiger charge is 2.37. The molecule has 2 rings (SSSR count). The Morgan fingerprint density at radius 3 is 2.50 bits per heavy atom. The molecule has 1 aliphatic rings. The number of rotatable bonds is 13. The first-order chi connectivity index (χ1) is 16.2. The number of aliphatic carboxylic acids is 1. The third-order valence-electron chi connectivity index (χ3n) is 5.69. The van der Waals surface area contributed by atoms with Crippen LogP contribution in [0.3, 0.4) is 0 Å². The Morgan fingerprint density at radius 1 is 1.15 bits per heavy atom. The van der Waals surface area contributed by atoms with Gasteiger partial charge in [-0.1, -0.05) is 30.3 Å². The molecule has 0 radical (unpaired) electrons. The van der Waals surface area contributed by atoms with E-state index >= 15 is 0 Å². The summed E-state index contributed by atoms with van der Waals surface area (Å²) < 4.78 is 0. The number of hydrogen-bond donors (Lipinski definition) is 5. The van der Waals surface area contributed by atoms with E-state index in [4.69, 9.17) is 22.3 Å². The summed E-state index contributed by atoms with van der Waals surface area (Å²) in [6, 6.07) is 6.97. The normalized spacial score (nSPS) is 17.0. The van der Waals surface area contributed by atoms with Crippen molar-refractivity contribution in [1.82, 2.24) is 10.2 Å². The average molecular weight is 475 g/mol. The molecule has 8 N–H and O–H groups in total. The lowest BCUT2D eigenvalue weighted by atomic mass is 10.0. The molecule has 1 aromatic carbocycles. The first-order valence-electron chi connectivity index (χ1n) is 11.4. The molecule has 0 bridgehead atoms. The summed E-state index contributed by atoms with van der Waals surface area (Å²) in [5.74, 6) is -2.34. The molecule has 0 aromatic heterocycles. The van der Waals surface area contributed by atoms with Crippen LogP contribution in [0.2, 0.25) is 0 Å². The van der Waals surface area contributed by atoms with Gasteiger partial charge in [0.25, 0.3) is 0 Å². The summed E-state index contributed by atoms with van der Waals surface area (Å²) in [5, 5.41) is 11.6. The number of amides is 2. The molecule has 34 heavy (non-hydrogen) atoms. The number of aliphatic imine (C=N–C) groups is 1. The summed E-state index contributed by atoms with van der Waals surface area (Å²) in [4.78, 5) is 54.8. The zero-order valence-corrected chi connectivity index (χ0v) is 19.2. The molecule has 3 atom stereocenters. The smallest absolute Gasteiger partial charge is 0.303 e. The second kappa shape index (κ2) is 13.3. The van der Waals surface area contributed by atoms with Gasteiger partial charge >= 0.3 is 5.97 Å². The lowest BCUT2D eigenvalue weighted by Gasteiger charge is -2.28. The second-order valence-corrected chi connectivity index (χ2v) is 8.36. The van der Waals surface area contributed by atoms with Crippen molar-refractivity contribution in [2.75, 3.05) is 13.1 Å². The molecule has 1 saturated heterocycles. The highest BCUT2D eigenvalue weighted by molar-refractivity contribution is 5.94. The summed E-state index contributed by atoms with van der Waals surface area (Å²) in [6.45, 7) is 0.671. The first-order valence-corrected chi connectivity index (χ1v) is 11.4. The van der Waals surface area contributed by atoms with Crippen LogP contribution in [0.25, 0.3) is 0 Å². The van der Waals surface area contributed by atoms with Gasteiger partial charge in [0.2, 0.25) is 11.8 Å². The monoisotopic (exact) mass is 474 g/mol. The molecule has 1 heterocycles. The topological polar surface area (TPSA) is 194 Å². The molecule has 186 valence electrons. The van der Waals surface area contributed by atoms with E-state index in [0.717, 1.165) is 5.56 Å². The fourth-order valence-electron chi connectivity index (χ4n) is 3.96. The number of carboxylic acids is 1. The van der Waals surface area contributed by atoms with Crippen LogP contribution in [-0.2, 0) is 25.6 Å². The lowest BCUT2D eigenvalue weighted by molar-refractivity contribution is -0.141. The number of carbonyl (C=O) groups excluding carboxylic acids is 3. The Hall–Kier alpha value is -3.47. The first kappa shape index (κ1) is 26.8. The maximum atomic E-state index is 13.1. The SMILES string of the molecule is NC(N)=NCCCC(NC(=O)C1CCCN1C(=O)C(N)Cc1ccccc1)C(=O)CCC(=O)O. The van der Waals surface area contributed by atoms with Crippen molar-refractivity contribution in [2.45, 2.75) is 63.1 Å². The summed E-state index contributed by atoms with van der Waals surface area (Å²) in [5.41, 5.74) is 17.7. The number of carbonyl (C=O) groups is 4. The van der Waals surface area contributed by atoms with E-state index in [-0.39, 0.29) is 37.7 Å². The maximum Gasteiger partial charge on any atom is 0.303 e. The van der Waals surface area contributed by atoms with Gasteiger partial charge in [-0.05, 0) is 37.7 Å². The molecule has 1 aliphatic heterocycles. The number of benzene rings is 1. The van der Waals surface area contributed by atoms with Crippen LogP contribution in [0.15, 0.2) is 35.3 Å². The van der Waals surface area contributed by atoms with Crippen molar-refractivity contribution < 1.29 is 24.3 Å². The highest BCUT2D eigenvalue weighted by Crippen LogP contribution is 2.20. The number of nitrogens with one attached hydrogen (secondary N) is 1. The van der Waals surface area contributed by atoms with Crippen molar-refractivity contribution in [1.29, 1.82) is 0 Å². The van der Waals surface area contributed by atoms with E-state index in [2.05, 4.69) is 10.3 Å². The molecule has 0 saturated carbocycles. The molecule has 3 unspecified atom stereocenters. The van der Waals surface area contributed by atoms with Crippen LogP contribution in [-0.4, -0.2) is 70.7 Å². The Kier molecular flexibility index (Phi) is 10.5. The molecule has 2 amide bonds. The highest BCUT2D eigenvalue weighted by atomic mass is 16.4. The van der Waals surface area contributed by atoms with Gasteiger partial charge in [0.15, 0.2) is 11.7 Å². The van der Waals surface area contributed by atoms with Gasteiger partial charge in [0, 0.05) is 19.5 Å². The van der Waals surface area contributed by atoms with Gasteiger partial charge < -0.3 is 32.5 Å². The third kappa shape index (κ3) is 8.47. The van der Waals surface area contributed by atoms with Crippen LogP contribution >= 0.6 is 0 Å². The molecule has 0 spiro atoms. The van der Waals surface area contributed by atoms with E-state index in [1.165, 1.54) is 4.90 Å². The van der Waals surface area contributed by atoms with Crippen molar-refractivity contribution in [2.24, 2.45) is 22.2 Å². The van der Waals surface area contributed by atoms with Gasteiger partial charge in [0.1, 0.15) is 6.04 Å². The van der Waals surface area contributed by atoms with E-state index < -0.39 is 35.8 Å². The molecular formula is C23H34N6O5. The maximum absolute atomic E-state index is 13.1. The summed E-state index contributed by atoms with van der Waals surface area (Å²) in [7, 11) is 0. The quantitative estimate of drug-likeness (QED) is 0.144. The van der Waals surface area contributed by atoms with Crippen molar-refractivity contribution in [3.05, 3.63) is 35.9 Å². The van der Waals surface area contributed by atoms with Crippen molar-refractivity contribution in [3.63, 3.8) is 0 Å². The fourth-order valence-corrected chi connectivity index (χ4v) is 3.96. The predicted octanol–water partition coefficient (Wildman–Crippen LogP) is -0.480. The number of hydrogen-bond acceptors (Lipinski definition) is 6. The van der Waals surface area contributed by atoms with Crippen LogP contribution < -0.4 is 22.5 Å². The largest absolute Gasteiger partial charge is 0.481 e. The van der Waals surface area contributed by atoms with Crippen molar-refractivity contribution in [3.8, 4) is 0 Å². The molecular weight excluding hydrogens is 440 g/mol. The molecule has 1 aromatic rings. The van der Waals surface area contributed by atoms with E-state index in [1.54, 1.807) is 0 Å². The predicted molar refractivity (Wildman–Crippen MR) is 127 cm³/mol. The minimum Gasteiger partial charge on any atom is -0.481 e. The van der Waals surface area contributed by atoms with Crippen molar-refractivity contribution >= 4 is 29.5 Å². The molecule has 0 aliphatic carbocycles. The number of nitrogens with zero attached hydrogens (tertiary/aromatic N) is 2. The zero-order chi connectivity index (χ0) is 25.1. The number of nitrogens with two attached hydrogens (primary N) is 3. The van der Waals surface area contributed by atoms with Gasteiger partial charge in [-0.15, -0.1) is 0 Å². The Bertz CT molecular complexity index is 887. The van der Waals surface area contributed by atoms with Gasteiger partial charge in [-0.2, -0.15) is 0 Å². The summed E-state index contributed by atoms with van der Waals surface area (Å²) in [6.07, 6.45) is 1.57. The number of likely N-dealkylation sites (tertiary alicyclic amines) is 1. The van der Waals surface area contributed by atoms with E-state index in [0.29, 0.717) is 32.2 Å². The Labute approximate surface area is 198 Å². The van der Waals surface area contributed by atoms with Gasteiger partial charge in [-0.3, -0.25) is 24.2 Å². The molecule has 1 fully saturated rings. The van der Waals surface area contributed by atoms with Crippen LogP contribution in [0.1, 0.15) is 44.1 Å². The van der Waals surface area contributed by atoms with Gasteiger partial charge in [-0.25, -0.2) is 0 Å². The third-order valence-corrected chi connectivity index (χ3v) is 5.69. The van der Waals surface area contributed by atoms with Crippen LogP contribution in [0.4, 0.5) is 0 Å². The van der Waals surface area contributed by atoms with E-state index in [1.807, 2.05) is 30.3 Å². The van der Waals surface area contributed by atoms with Gasteiger partial charge in [0.05, 0.1) is 18.5 Å². The minimum absolute atomic E-state index is 0.0789. The lowest BCUT2D eigenvalue weighted by Crippen LogP contribution is -2.54. The summed E-state index contributed by atoms with van der Waals surface area (Å²) >= 11 is 0. The van der Waals surface area contributed by atoms with Crippen LogP contribution in [0.5, 0.6) is 0 Å². The van der Waals surface area contributed by atoms with Crippen LogP contribution in [0, 0.1) is 0 Å². The Balaban J connectivity index is 2.02. The number of carboxylic acid groups (broad SMARTS) is 1. The zero-order valence-electron chi connectivity index (χ0n) is 19.2. The minimum atomic E-state index is -1.10. The fraction of sp³-hybridized carbons (Fsp3) is 0.522. The second-order valence-electron chi connectivity index (χ2n) is 8.36. The number of ketones is 1.